The Labute approximate surface area is 124 Å². The zero-order valence-corrected chi connectivity index (χ0v) is 12.8. The number of nitrogen functional groups attached to an aromatic ring is 1. The van der Waals surface area contributed by atoms with Gasteiger partial charge >= 0.3 is 5.97 Å². The highest BCUT2D eigenvalue weighted by molar-refractivity contribution is 5.97. The van der Waals surface area contributed by atoms with Crippen molar-refractivity contribution in [1.82, 2.24) is 0 Å². The summed E-state index contributed by atoms with van der Waals surface area (Å²) in [5, 5.41) is 3.32. The summed E-state index contributed by atoms with van der Waals surface area (Å²) in [5.41, 5.74) is 11.8. The molecule has 0 radical (unpaired) electrons. The van der Waals surface area contributed by atoms with E-state index in [9.17, 15) is 4.79 Å². The van der Waals surface area contributed by atoms with Crippen LogP contribution in [0.2, 0.25) is 0 Å². The molecule has 2 rings (SSSR count). The fourth-order valence-electron chi connectivity index (χ4n) is 2.26. The second-order valence-corrected chi connectivity index (χ2v) is 5.19. The van der Waals surface area contributed by atoms with Gasteiger partial charge in [0.1, 0.15) is 0 Å². The molecule has 0 bridgehead atoms. The standard InChI is InChI=1S/C17H20N2O2/c1-10-5-6-15(11(2)7-10)19-13-8-12(3)16(18)14(9-13)17(20)21-4/h5-9,19H,18H2,1-4H3. The lowest BCUT2D eigenvalue weighted by molar-refractivity contribution is 0.0602. The number of rotatable bonds is 3. The van der Waals surface area contributed by atoms with E-state index in [1.807, 2.05) is 32.0 Å². The number of benzene rings is 2. The van der Waals surface area contributed by atoms with Crippen molar-refractivity contribution in [1.29, 1.82) is 0 Å². The van der Waals surface area contributed by atoms with Crippen molar-refractivity contribution in [2.45, 2.75) is 20.8 Å². The molecule has 3 N–H and O–H groups in total. The molecule has 0 unspecified atom stereocenters. The van der Waals surface area contributed by atoms with Crippen molar-refractivity contribution < 1.29 is 9.53 Å². The van der Waals surface area contributed by atoms with Gasteiger partial charge in [0.25, 0.3) is 0 Å². The van der Waals surface area contributed by atoms with Crippen LogP contribution in [0.5, 0.6) is 0 Å². The topological polar surface area (TPSA) is 64.3 Å². The summed E-state index contributed by atoms with van der Waals surface area (Å²) >= 11 is 0. The third-order valence-corrected chi connectivity index (χ3v) is 3.45. The highest BCUT2D eigenvalue weighted by Crippen LogP contribution is 2.27. The minimum Gasteiger partial charge on any atom is -0.465 e. The Balaban J connectivity index is 2.40. The Hall–Kier alpha value is -2.49. The van der Waals surface area contributed by atoms with Crippen LogP contribution in [-0.2, 0) is 4.74 Å². The van der Waals surface area contributed by atoms with Gasteiger partial charge in [0, 0.05) is 17.1 Å². The second-order valence-electron chi connectivity index (χ2n) is 5.19. The predicted octanol–water partition coefficient (Wildman–Crippen LogP) is 3.72. The number of nitrogens with two attached hydrogens (primary N) is 1. The minimum absolute atomic E-state index is 0.379. The largest absolute Gasteiger partial charge is 0.465 e. The van der Waals surface area contributed by atoms with Gasteiger partial charge < -0.3 is 15.8 Å². The van der Waals surface area contributed by atoms with E-state index in [-0.39, 0.29) is 0 Å². The molecular formula is C17H20N2O2. The normalized spacial score (nSPS) is 10.3. The zero-order chi connectivity index (χ0) is 15.6. The Morgan fingerprint density at radius 3 is 2.43 bits per heavy atom. The molecule has 0 aliphatic carbocycles. The Bertz CT molecular complexity index is 693. The van der Waals surface area contributed by atoms with E-state index >= 15 is 0 Å². The maximum absolute atomic E-state index is 11.8. The molecule has 0 saturated carbocycles. The number of aryl methyl sites for hydroxylation is 3. The monoisotopic (exact) mass is 284 g/mol. The van der Waals surface area contributed by atoms with E-state index in [0.29, 0.717) is 11.3 Å². The molecular weight excluding hydrogens is 264 g/mol. The highest BCUT2D eigenvalue weighted by Gasteiger charge is 2.13. The predicted molar refractivity (Wildman–Crippen MR) is 86.1 cm³/mol. The van der Waals surface area contributed by atoms with Crippen LogP contribution in [0.25, 0.3) is 0 Å². The van der Waals surface area contributed by atoms with Gasteiger partial charge in [-0.1, -0.05) is 17.7 Å². The number of methoxy groups -OCH3 is 1. The van der Waals surface area contributed by atoms with Crippen LogP contribution in [-0.4, -0.2) is 13.1 Å². The molecule has 0 amide bonds. The molecule has 110 valence electrons. The van der Waals surface area contributed by atoms with Crippen LogP contribution in [0, 0.1) is 20.8 Å². The van der Waals surface area contributed by atoms with Crippen LogP contribution in [0.15, 0.2) is 30.3 Å². The summed E-state index contributed by atoms with van der Waals surface area (Å²) in [6.45, 7) is 5.97. The number of carbonyl (C=O) groups excluding carboxylic acids is 1. The van der Waals surface area contributed by atoms with Crippen molar-refractivity contribution in [3.8, 4) is 0 Å². The lowest BCUT2D eigenvalue weighted by Gasteiger charge is -2.14. The van der Waals surface area contributed by atoms with E-state index in [2.05, 4.69) is 18.3 Å². The summed E-state index contributed by atoms with van der Waals surface area (Å²) in [7, 11) is 1.35. The maximum Gasteiger partial charge on any atom is 0.340 e. The molecule has 0 aliphatic heterocycles. The quantitative estimate of drug-likeness (QED) is 0.666. The number of carbonyl (C=O) groups is 1. The molecule has 0 aromatic heterocycles. The smallest absolute Gasteiger partial charge is 0.340 e. The van der Waals surface area contributed by atoms with Crippen LogP contribution < -0.4 is 11.1 Å². The molecule has 0 heterocycles. The van der Waals surface area contributed by atoms with Gasteiger partial charge in [0.2, 0.25) is 0 Å². The molecule has 4 nitrogen and oxygen atoms in total. The van der Waals surface area contributed by atoms with Gasteiger partial charge in [-0.25, -0.2) is 4.79 Å². The zero-order valence-electron chi connectivity index (χ0n) is 12.8. The summed E-state index contributed by atoms with van der Waals surface area (Å²) in [6.07, 6.45) is 0. The molecule has 0 atom stereocenters. The molecule has 21 heavy (non-hydrogen) atoms. The highest BCUT2D eigenvalue weighted by atomic mass is 16.5. The minimum atomic E-state index is -0.431. The van der Waals surface area contributed by atoms with Crippen molar-refractivity contribution in [2.24, 2.45) is 0 Å². The number of anilines is 3. The van der Waals surface area contributed by atoms with Crippen molar-refractivity contribution >= 4 is 23.0 Å². The van der Waals surface area contributed by atoms with Gasteiger partial charge in [-0.15, -0.1) is 0 Å². The Morgan fingerprint density at radius 1 is 1.10 bits per heavy atom. The fraction of sp³-hybridized carbons (Fsp3) is 0.235. The summed E-state index contributed by atoms with van der Waals surface area (Å²) in [5.74, 6) is -0.431. The first kappa shape index (κ1) is 14.9. The van der Waals surface area contributed by atoms with E-state index in [1.54, 1.807) is 6.07 Å². The van der Waals surface area contributed by atoms with Gasteiger partial charge in [-0.3, -0.25) is 0 Å². The summed E-state index contributed by atoms with van der Waals surface area (Å²) < 4.78 is 4.77. The molecule has 2 aromatic rings. The average molecular weight is 284 g/mol. The van der Waals surface area contributed by atoms with Crippen molar-refractivity contribution in [3.05, 3.63) is 52.6 Å². The van der Waals surface area contributed by atoms with Gasteiger partial charge in [0.15, 0.2) is 0 Å². The van der Waals surface area contributed by atoms with Crippen LogP contribution in [0.1, 0.15) is 27.0 Å². The van der Waals surface area contributed by atoms with Crippen LogP contribution >= 0.6 is 0 Å². The number of ether oxygens (including phenoxy) is 1. The summed E-state index contributed by atoms with van der Waals surface area (Å²) in [4.78, 5) is 11.8. The molecule has 0 saturated heterocycles. The van der Waals surface area contributed by atoms with E-state index in [1.165, 1.54) is 12.7 Å². The van der Waals surface area contributed by atoms with Gasteiger partial charge in [0.05, 0.1) is 12.7 Å². The van der Waals surface area contributed by atoms with E-state index in [4.69, 9.17) is 10.5 Å². The average Bonchev–Trinajstić information content (AvgIpc) is 2.44. The molecule has 0 fully saturated rings. The van der Waals surface area contributed by atoms with Crippen LogP contribution in [0.4, 0.5) is 17.1 Å². The first-order valence-corrected chi connectivity index (χ1v) is 6.75. The molecule has 0 aliphatic rings. The summed E-state index contributed by atoms with van der Waals surface area (Å²) in [6, 6.07) is 9.80. The number of esters is 1. The van der Waals surface area contributed by atoms with Gasteiger partial charge in [-0.05, 0) is 50.1 Å². The lowest BCUT2D eigenvalue weighted by atomic mass is 10.1. The third kappa shape index (κ3) is 3.16. The number of nitrogens with one attached hydrogen (secondary N) is 1. The first-order valence-electron chi connectivity index (χ1n) is 6.75. The Morgan fingerprint density at radius 2 is 1.81 bits per heavy atom. The maximum atomic E-state index is 11.8. The SMILES string of the molecule is COC(=O)c1cc(Nc2ccc(C)cc2C)cc(C)c1N. The Kier molecular flexibility index (Phi) is 4.17. The van der Waals surface area contributed by atoms with Crippen molar-refractivity contribution in [3.63, 3.8) is 0 Å². The van der Waals surface area contributed by atoms with Crippen molar-refractivity contribution in [2.75, 3.05) is 18.2 Å². The molecule has 2 aromatic carbocycles. The van der Waals surface area contributed by atoms with Gasteiger partial charge in [-0.2, -0.15) is 0 Å². The second kappa shape index (κ2) is 5.87. The van der Waals surface area contributed by atoms with Crippen LogP contribution in [0.3, 0.4) is 0 Å². The van der Waals surface area contributed by atoms with E-state index in [0.717, 1.165) is 22.5 Å². The molecule has 0 spiro atoms. The molecule has 4 heteroatoms. The third-order valence-electron chi connectivity index (χ3n) is 3.45. The fourth-order valence-corrected chi connectivity index (χ4v) is 2.26. The number of hydrogen-bond donors (Lipinski definition) is 2. The van der Waals surface area contributed by atoms with E-state index < -0.39 is 5.97 Å². The first-order chi connectivity index (χ1) is 9.92. The number of hydrogen-bond acceptors (Lipinski definition) is 4. The lowest BCUT2D eigenvalue weighted by Crippen LogP contribution is -2.08.